The number of pyridine rings is 1. The number of amides is 1. The molecule has 1 aromatic rings. The number of nitrogens with one attached hydrogen (secondary N) is 1. The Bertz CT molecular complexity index is 435. The Kier molecular flexibility index (Phi) is 4.49. The van der Waals surface area contributed by atoms with Gasteiger partial charge in [-0.2, -0.15) is 13.2 Å². The maximum Gasteiger partial charge on any atom is 0.411 e. The number of hydrogen-bond acceptors (Lipinski definition) is 4. The summed E-state index contributed by atoms with van der Waals surface area (Å²) in [7, 11) is 0. The van der Waals surface area contributed by atoms with Gasteiger partial charge in [-0.05, 0) is 18.6 Å². The molecule has 1 rings (SSSR count). The van der Waals surface area contributed by atoms with E-state index in [1.807, 2.05) is 0 Å². The number of nitrogen functional groups attached to an aromatic ring is 1. The third-order valence-corrected chi connectivity index (χ3v) is 1.86. The third kappa shape index (κ3) is 5.00. The number of hydrogen-bond donors (Lipinski definition) is 2. The Labute approximate surface area is 101 Å². The lowest BCUT2D eigenvalue weighted by Crippen LogP contribution is -2.24. The molecule has 0 aliphatic rings. The van der Waals surface area contributed by atoms with Crippen molar-refractivity contribution in [2.45, 2.75) is 13.1 Å². The predicted octanol–water partition coefficient (Wildman–Crippen LogP) is 1.49. The molecule has 0 aliphatic heterocycles. The topological polar surface area (TPSA) is 77.2 Å². The van der Waals surface area contributed by atoms with Crippen LogP contribution in [0.25, 0.3) is 0 Å². The standard InChI is InChI=1S/C10H12F3N3O2/c1-6-2-7(14)3-15-9(6)16-8(17)4-18-5-10(11,12)13/h2-3H,4-5,14H2,1H3,(H,15,16,17). The summed E-state index contributed by atoms with van der Waals surface area (Å²) in [4.78, 5) is 15.1. The monoisotopic (exact) mass is 263 g/mol. The van der Waals surface area contributed by atoms with Crippen molar-refractivity contribution in [2.75, 3.05) is 24.3 Å². The van der Waals surface area contributed by atoms with E-state index in [0.29, 0.717) is 11.3 Å². The number of aryl methyl sites for hydroxylation is 1. The zero-order valence-corrected chi connectivity index (χ0v) is 9.54. The lowest BCUT2D eigenvalue weighted by molar-refractivity contribution is -0.174. The molecule has 0 bridgehead atoms. The van der Waals surface area contributed by atoms with Gasteiger partial charge in [0.05, 0.1) is 11.9 Å². The maximum absolute atomic E-state index is 11.8. The van der Waals surface area contributed by atoms with Crippen molar-refractivity contribution >= 4 is 17.4 Å². The van der Waals surface area contributed by atoms with Crippen LogP contribution in [-0.4, -0.2) is 30.3 Å². The van der Waals surface area contributed by atoms with Crippen molar-refractivity contribution in [3.8, 4) is 0 Å². The molecule has 0 atom stereocenters. The molecule has 0 fully saturated rings. The van der Waals surface area contributed by atoms with Gasteiger partial charge in [-0.3, -0.25) is 4.79 Å². The molecule has 100 valence electrons. The number of ether oxygens (including phenoxy) is 1. The summed E-state index contributed by atoms with van der Waals surface area (Å²) in [5.74, 6) is -0.468. The highest BCUT2D eigenvalue weighted by Gasteiger charge is 2.27. The van der Waals surface area contributed by atoms with E-state index in [1.165, 1.54) is 6.20 Å². The number of halogens is 3. The Hall–Kier alpha value is -1.83. The minimum Gasteiger partial charge on any atom is -0.397 e. The van der Waals surface area contributed by atoms with Crippen LogP contribution < -0.4 is 11.1 Å². The van der Waals surface area contributed by atoms with Crippen LogP contribution in [0.4, 0.5) is 24.7 Å². The Morgan fingerprint density at radius 1 is 1.56 bits per heavy atom. The van der Waals surface area contributed by atoms with Gasteiger partial charge in [0.1, 0.15) is 19.0 Å². The van der Waals surface area contributed by atoms with Crippen LogP contribution in [0, 0.1) is 6.92 Å². The number of alkyl halides is 3. The molecular weight excluding hydrogens is 251 g/mol. The van der Waals surface area contributed by atoms with Crippen LogP contribution in [0.1, 0.15) is 5.56 Å². The van der Waals surface area contributed by atoms with E-state index in [0.717, 1.165) is 0 Å². The fourth-order valence-corrected chi connectivity index (χ4v) is 1.15. The van der Waals surface area contributed by atoms with Gasteiger partial charge < -0.3 is 15.8 Å². The second-order valence-corrected chi connectivity index (χ2v) is 3.59. The molecular formula is C10H12F3N3O2. The van der Waals surface area contributed by atoms with Gasteiger partial charge in [0.15, 0.2) is 0 Å². The summed E-state index contributed by atoms with van der Waals surface area (Å²) < 4.78 is 39.5. The average Bonchev–Trinajstić information content (AvgIpc) is 2.20. The lowest BCUT2D eigenvalue weighted by Gasteiger charge is -2.09. The Morgan fingerprint density at radius 3 is 2.78 bits per heavy atom. The van der Waals surface area contributed by atoms with Crippen LogP contribution in [0.3, 0.4) is 0 Å². The number of carbonyl (C=O) groups excluding carboxylic acids is 1. The van der Waals surface area contributed by atoms with Gasteiger partial charge in [-0.1, -0.05) is 0 Å². The van der Waals surface area contributed by atoms with Gasteiger partial charge in [0.25, 0.3) is 5.91 Å². The van der Waals surface area contributed by atoms with E-state index in [-0.39, 0.29) is 5.82 Å². The highest BCUT2D eigenvalue weighted by atomic mass is 19.4. The predicted molar refractivity (Wildman–Crippen MR) is 58.9 cm³/mol. The summed E-state index contributed by atoms with van der Waals surface area (Å²) in [5.41, 5.74) is 6.50. The molecule has 1 amide bonds. The normalized spacial score (nSPS) is 11.3. The zero-order valence-electron chi connectivity index (χ0n) is 9.54. The van der Waals surface area contributed by atoms with Crippen LogP contribution in [0.2, 0.25) is 0 Å². The molecule has 8 heteroatoms. The number of aromatic nitrogens is 1. The molecule has 1 heterocycles. The number of carbonyl (C=O) groups is 1. The molecule has 0 unspecified atom stereocenters. The van der Waals surface area contributed by atoms with E-state index in [4.69, 9.17) is 5.73 Å². The summed E-state index contributed by atoms with van der Waals surface area (Å²) in [6.07, 6.45) is -3.12. The zero-order chi connectivity index (χ0) is 13.8. The molecule has 0 saturated carbocycles. The first-order valence-corrected chi connectivity index (χ1v) is 4.94. The minimum absolute atomic E-state index is 0.241. The van der Waals surface area contributed by atoms with Crippen LogP contribution in [-0.2, 0) is 9.53 Å². The molecule has 5 nitrogen and oxygen atoms in total. The van der Waals surface area contributed by atoms with Gasteiger partial charge in [0, 0.05) is 0 Å². The lowest BCUT2D eigenvalue weighted by atomic mass is 10.2. The van der Waals surface area contributed by atoms with Crippen LogP contribution >= 0.6 is 0 Å². The molecule has 1 aromatic heterocycles. The third-order valence-electron chi connectivity index (χ3n) is 1.86. The van der Waals surface area contributed by atoms with E-state index >= 15 is 0 Å². The van der Waals surface area contributed by atoms with Crippen LogP contribution in [0.15, 0.2) is 12.3 Å². The molecule has 0 aliphatic carbocycles. The van der Waals surface area contributed by atoms with Crippen molar-refractivity contribution in [1.82, 2.24) is 4.98 Å². The average molecular weight is 263 g/mol. The number of rotatable bonds is 4. The largest absolute Gasteiger partial charge is 0.411 e. The van der Waals surface area contributed by atoms with Gasteiger partial charge >= 0.3 is 6.18 Å². The van der Waals surface area contributed by atoms with Crippen molar-refractivity contribution in [2.24, 2.45) is 0 Å². The van der Waals surface area contributed by atoms with Gasteiger partial charge in [-0.15, -0.1) is 0 Å². The molecule has 0 saturated heterocycles. The summed E-state index contributed by atoms with van der Waals surface area (Å²) in [5, 5.41) is 2.33. The molecule has 0 radical (unpaired) electrons. The van der Waals surface area contributed by atoms with Crippen molar-refractivity contribution in [3.63, 3.8) is 0 Å². The summed E-state index contributed by atoms with van der Waals surface area (Å²) in [6.45, 7) is -0.491. The number of nitrogens with zero attached hydrogens (tertiary/aromatic N) is 1. The second-order valence-electron chi connectivity index (χ2n) is 3.59. The molecule has 18 heavy (non-hydrogen) atoms. The van der Waals surface area contributed by atoms with Crippen LogP contribution in [0.5, 0.6) is 0 Å². The minimum atomic E-state index is -4.45. The summed E-state index contributed by atoms with van der Waals surface area (Å²) in [6, 6.07) is 1.58. The first-order valence-electron chi connectivity index (χ1n) is 4.94. The highest BCUT2D eigenvalue weighted by molar-refractivity contribution is 5.91. The smallest absolute Gasteiger partial charge is 0.397 e. The molecule has 3 N–H and O–H groups in total. The van der Waals surface area contributed by atoms with Crippen molar-refractivity contribution in [1.29, 1.82) is 0 Å². The van der Waals surface area contributed by atoms with E-state index in [1.54, 1.807) is 13.0 Å². The quantitative estimate of drug-likeness (QED) is 0.862. The van der Waals surface area contributed by atoms with Crippen molar-refractivity contribution in [3.05, 3.63) is 17.8 Å². The van der Waals surface area contributed by atoms with E-state index in [2.05, 4.69) is 15.0 Å². The van der Waals surface area contributed by atoms with Gasteiger partial charge in [0.2, 0.25) is 0 Å². The Morgan fingerprint density at radius 2 is 2.22 bits per heavy atom. The highest BCUT2D eigenvalue weighted by Crippen LogP contribution is 2.15. The molecule has 0 aromatic carbocycles. The maximum atomic E-state index is 11.8. The fourth-order valence-electron chi connectivity index (χ4n) is 1.15. The SMILES string of the molecule is Cc1cc(N)cnc1NC(=O)COCC(F)(F)F. The fraction of sp³-hybridized carbons (Fsp3) is 0.400. The Balaban J connectivity index is 2.45. The number of anilines is 2. The van der Waals surface area contributed by atoms with E-state index < -0.39 is 25.3 Å². The first-order chi connectivity index (χ1) is 8.28. The first kappa shape index (κ1) is 14.2. The second kappa shape index (κ2) is 5.67. The molecule has 0 spiro atoms. The summed E-state index contributed by atoms with van der Waals surface area (Å²) >= 11 is 0. The number of nitrogens with two attached hydrogens (primary N) is 1. The van der Waals surface area contributed by atoms with E-state index in [9.17, 15) is 18.0 Å². The van der Waals surface area contributed by atoms with Crippen molar-refractivity contribution < 1.29 is 22.7 Å². The van der Waals surface area contributed by atoms with Gasteiger partial charge in [-0.25, -0.2) is 4.98 Å².